The Morgan fingerprint density at radius 3 is 2.74 bits per heavy atom. The SMILES string of the molecule is Cc1ncsc1CNc1cccc(S(N)(=O)=O)c1N. The zero-order chi connectivity index (χ0) is 14.0. The van der Waals surface area contributed by atoms with E-state index in [2.05, 4.69) is 10.3 Å². The van der Waals surface area contributed by atoms with Crippen molar-refractivity contribution in [1.29, 1.82) is 0 Å². The summed E-state index contributed by atoms with van der Waals surface area (Å²) in [6, 6.07) is 4.69. The maximum absolute atomic E-state index is 11.4. The maximum atomic E-state index is 11.4. The van der Waals surface area contributed by atoms with E-state index in [0.717, 1.165) is 10.6 Å². The number of primary sulfonamides is 1. The summed E-state index contributed by atoms with van der Waals surface area (Å²) >= 11 is 1.53. The Morgan fingerprint density at radius 2 is 2.16 bits per heavy atom. The van der Waals surface area contributed by atoms with Crippen molar-refractivity contribution in [3.63, 3.8) is 0 Å². The molecule has 2 rings (SSSR count). The van der Waals surface area contributed by atoms with E-state index in [1.54, 1.807) is 17.6 Å². The van der Waals surface area contributed by atoms with Gasteiger partial charge in [-0.15, -0.1) is 11.3 Å². The fourth-order valence-corrected chi connectivity index (χ4v) is 3.02. The minimum atomic E-state index is -3.81. The number of anilines is 2. The molecule has 1 aromatic carbocycles. The minimum absolute atomic E-state index is 0.0708. The van der Waals surface area contributed by atoms with Gasteiger partial charge in [0.25, 0.3) is 0 Å². The molecule has 0 atom stereocenters. The zero-order valence-electron chi connectivity index (χ0n) is 10.3. The van der Waals surface area contributed by atoms with Crippen LogP contribution in [0.15, 0.2) is 28.6 Å². The molecule has 0 spiro atoms. The molecule has 102 valence electrons. The van der Waals surface area contributed by atoms with Crippen LogP contribution in [-0.2, 0) is 16.6 Å². The maximum Gasteiger partial charge on any atom is 0.240 e. The number of thiazole rings is 1. The number of aromatic nitrogens is 1. The van der Waals surface area contributed by atoms with Crippen molar-refractivity contribution < 1.29 is 8.42 Å². The summed E-state index contributed by atoms with van der Waals surface area (Å²) in [5, 5.41) is 8.19. The third kappa shape index (κ3) is 3.03. The molecule has 0 radical (unpaired) electrons. The van der Waals surface area contributed by atoms with E-state index in [4.69, 9.17) is 10.9 Å². The molecular weight excluding hydrogens is 284 g/mol. The predicted molar refractivity (Wildman–Crippen MR) is 76.4 cm³/mol. The first kappa shape index (κ1) is 13.8. The molecule has 0 amide bonds. The van der Waals surface area contributed by atoms with Crippen LogP contribution >= 0.6 is 11.3 Å². The largest absolute Gasteiger partial charge is 0.396 e. The number of hydrogen-bond donors (Lipinski definition) is 3. The highest BCUT2D eigenvalue weighted by Gasteiger charge is 2.14. The van der Waals surface area contributed by atoms with Gasteiger partial charge in [-0.3, -0.25) is 0 Å². The molecule has 0 fully saturated rings. The van der Waals surface area contributed by atoms with Gasteiger partial charge in [-0.25, -0.2) is 18.5 Å². The van der Waals surface area contributed by atoms with Crippen LogP contribution in [0.3, 0.4) is 0 Å². The second-order valence-corrected chi connectivity index (χ2v) is 6.45. The van der Waals surface area contributed by atoms with Gasteiger partial charge in [-0.2, -0.15) is 0 Å². The third-order valence-corrected chi connectivity index (χ3v) is 4.56. The number of nitrogens with zero attached hydrogens (tertiary/aromatic N) is 1. The van der Waals surface area contributed by atoms with E-state index in [1.807, 2.05) is 6.92 Å². The van der Waals surface area contributed by atoms with Crippen LogP contribution < -0.4 is 16.2 Å². The van der Waals surface area contributed by atoms with Gasteiger partial charge in [0.15, 0.2) is 0 Å². The molecule has 2 aromatic rings. The Kier molecular flexibility index (Phi) is 3.74. The number of nitrogen functional groups attached to an aromatic ring is 1. The standard InChI is InChI=1S/C11H14N4O2S2/c1-7-9(18-6-15-7)5-14-8-3-2-4-10(11(8)12)19(13,16)17/h2-4,6,14H,5,12H2,1H3,(H2,13,16,17). The number of rotatable bonds is 4. The Balaban J connectivity index is 2.25. The van der Waals surface area contributed by atoms with E-state index in [9.17, 15) is 8.42 Å². The van der Waals surface area contributed by atoms with Crippen molar-refractivity contribution in [2.75, 3.05) is 11.1 Å². The zero-order valence-corrected chi connectivity index (χ0v) is 11.9. The highest BCUT2D eigenvalue weighted by molar-refractivity contribution is 7.89. The van der Waals surface area contributed by atoms with Gasteiger partial charge in [0, 0.05) is 4.88 Å². The van der Waals surface area contributed by atoms with Crippen LogP contribution in [-0.4, -0.2) is 13.4 Å². The van der Waals surface area contributed by atoms with Gasteiger partial charge in [0.05, 0.1) is 29.1 Å². The Labute approximate surface area is 115 Å². The Morgan fingerprint density at radius 1 is 1.42 bits per heavy atom. The molecule has 19 heavy (non-hydrogen) atoms. The highest BCUT2D eigenvalue weighted by Crippen LogP contribution is 2.26. The topological polar surface area (TPSA) is 111 Å². The number of nitrogens with two attached hydrogens (primary N) is 2. The number of hydrogen-bond acceptors (Lipinski definition) is 6. The van der Waals surface area contributed by atoms with Crippen molar-refractivity contribution in [2.24, 2.45) is 5.14 Å². The molecule has 0 aliphatic rings. The molecule has 1 aromatic heterocycles. The van der Waals surface area contributed by atoms with Gasteiger partial charge in [-0.05, 0) is 19.1 Å². The van der Waals surface area contributed by atoms with Crippen LogP contribution in [0.5, 0.6) is 0 Å². The lowest BCUT2D eigenvalue weighted by molar-refractivity contribution is 0.598. The van der Waals surface area contributed by atoms with E-state index in [-0.39, 0.29) is 10.6 Å². The Hall–Kier alpha value is -1.64. The van der Waals surface area contributed by atoms with E-state index in [0.29, 0.717) is 12.2 Å². The minimum Gasteiger partial charge on any atom is -0.396 e. The lowest BCUT2D eigenvalue weighted by Crippen LogP contribution is -2.15. The third-order valence-electron chi connectivity index (χ3n) is 2.66. The molecule has 0 saturated carbocycles. The average Bonchev–Trinajstić information content (AvgIpc) is 2.72. The number of nitrogens with one attached hydrogen (secondary N) is 1. The second-order valence-electron chi connectivity index (χ2n) is 3.98. The lowest BCUT2D eigenvalue weighted by Gasteiger charge is -2.11. The fraction of sp³-hybridized carbons (Fsp3) is 0.182. The number of aryl methyl sites for hydroxylation is 1. The molecule has 1 heterocycles. The summed E-state index contributed by atoms with van der Waals surface area (Å²) in [6.07, 6.45) is 0. The van der Waals surface area contributed by atoms with Gasteiger partial charge in [0.1, 0.15) is 4.90 Å². The predicted octanol–water partition coefficient (Wildman–Crippen LogP) is 1.29. The molecule has 0 saturated heterocycles. The van der Waals surface area contributed by atoms with Gasteiger partial charge in [0.2, 0.25) is 10.0 Å². The number of sulfonamides is 1. The molecule has 6 nitrogen and oxygen atoms in total. The van der Waals surface area contributed by atoms with Crippen molar-refractivity contribution in [3.05, 3.63) is 34.3 Å². The number of para-hydroxylation sites is 1. The number of benzene rings is 1. The van der Waals surface area contributed by atoms with Crippen LogP contribution in [0.25, 0.3) is 0 Å². The summed E-state index contributed by atoms with van der Waals surface area (Å²) < 4.78 is 22.7. The van der Waals surface area contributed by atoms with Crippen LogP contribution in [0.4, 0.5) is 11.4 Å². The van der Waals surface area contributed by atoms with Crippen molar-refractivity contribution in [1.82, 2.24) is 4.98 Å². The van der Waals surface area contributed by atoms with Gasteiger partial charge < -0.3 is 11.1 Å². The molecule has 0 bridgehead atoms. The molecule has 8 heteroatoms. The van der Waals surface area contributed by atoms with Crippen molar-refractivity contribution >= 4 is 32.7 Å². The first-order chi connectivity index (χ1) is 8.89. The van der Waals surface area contributed by atoms with Crippen molar-refractivity contribution in [2.45, 2.75) is 18.4 Å². The average molecular weight is 298 g/mol. The Bertz CT molecular complexity index is 694. The fourth-order valence-electron chi connectivity index (χ4n) is 1.62. The summed E-state index contributed by atoms with van der Waals surface area (Å²) in [5.74, 6) is 0. The van der Waals surface area contributed by atoms with Gasteiger partial charge >= 0.3 is 0 Å². The summed E-state index contributed by atoms with van der Waals surface area (Å²) in [4.78, 5) is 5.14. The van der Waals surface area contributed by atoms with Crippen LogP contribution in [0, 0.1) is 6.92 Å². The van der Waals surface area contributed by atoms with Crippen molar-refractivity contribution in [3.8, 4) is 0 Å². The summed E-state index contributed by atoms with van der Waals surface area (Å²) in [7, 11) is -3.81. The lowest BCUT2D eigenvalue weighted by atomic mass is 10.2. The summed E-state index contributed by atoms with van der Waals surface area (Å²) in [6.45, 7) is 2.45. The molecule has 0 aliphatic heterocycles. The van der Waals surface area contributed by atoms with E-state index < -0.39 is 10.0 Å². The highest BCUT2D eigenvalue weighted by atomic mass is 32.2. The normalized spacial score (nSPS) is 11.5. The van der Waals surface area contributed by atoms with E-state index in [1.165, 1.54) is 17.4 Å². The summed E-state index contributed by atoms with van der Waals surface area (Å²) in [5.41, 5.74) is 9.19. The second kappa shape index (κ2) is 5.16. The van der Waals surface area contributed by atoms with Crippen LogP contribution in [0.1, 0.15) is 10.6 Å². The van der Waals surface area contributed by atoms with E-state index >= 15 is 0 Å². The first-order valence-corrected chi connectivity index (χ1v) is 7.86. The monoisotopic (exact) mass is 298 g/mol. The first-order valence-electron chi connectivity index (χ1n) is 5.43. The molecule has 5 N–H and O–H groups in total. The molecule has 0 unspecified atom stereocenters. The molecule has 0 aliphatic carbocycles. The quantitative estimate of drug-likeness (QED) is 0.737. The van der Waals surface area contributed by atoms with Crippen LogP contribution in [0.2, 0.25) is 0 Å². The smallest absolute Gasteiger partial charge is 0.240 e. The van der Waals surface area contributed by atoms with Gasteiger partial charge in [-0.1, -0.05) is 6.07 Å². The molecular formula is C11H14N4O2S2.